The smallest absolute Gasteiger partial charge is 0.305 e. The standard InChI is InChI=1S/C12H15BrN2O3/c1-7(8-2-4-9(13)5-3-8)15-12(18)10(14)6-11(16)17/h2-5,7,10H,6,14H2,1H3,(H,15,18)(H,16,17)/t7-,10?/m1/s1. The zero-order chi connectivity index (χ0) is 13.7. The van der Waals surface area contributed by atoms with Gasteiger partial charge in [0.15, 0.2) is 0 Å². The van der Waals surface area contributed by atoms with Crippen LogP contribution in [0.25, 0.3) is 0 Å². The molecule has 6 heteroatoms. The van der Waals surface area contributed by atoms with E-state index in [0.717, 1.165) is 10.0 Å². The van der Waals surface area contributed by atoms with Gasteiger partial charge in [-0.05, 0) is 24.6 Å². The molecule has 0 saturated heterocycles. The summed E-state index contributed by atoms with van der Waals surface area (Å²) in [7, 11) is 0. The Bertz CT molecular complexity index is 433. The van der Waals surface area contributed by atoms with Crippen LogP contribution in [0.5, 0.6) is 0 Å². The molecule has 0 heterocycles. The van der Waals surface area contributed by atoms with Crippen LogP contribution in [-0.4, -0.2) is 23.0 Å². The number of nitrogens with two attached hydrogens (primary N) is 1. The first-order valence-corrected chi connectivity index (χ1v) is 6.22. The van der Waals surface area contributed by atoms with E-state index in [4.69, 9.17) is 10.8 Å². The van der Waals surface area contributed by atoms with Crippen molar-refractivity contribution < 1.29 is 14.7 Å². The van der Waals surface area contributed by atoms with E-state index in [1.54, 1.807) is 0 Å². The molecule has 0 aliphatic carbocycles. The fraction of sp³-hybridized carbons (Fsp3) is 0.333. The molecule has 98 valence electrons. The Hall–Kier alpha value is -1.40. The molecule has 0 radical (unpaired) electrons. The predicted molar refractivity (Wildman–Crippen MR) is 70.9 cm³/mol. The molecule has 18 heavy (non-hydrogen) atoms. The zero-order valence-corrected chi connectivity index (χ0v) is 11.5. The number of carbonyl (C=O) groups is 2. The van der Waals surface area contributed by atoms with E-state index >= 15 is 0 Å². The third-order valence-corrected chi connectivity index (χ3v) is 2.99. The Morgan fingerprint density at radius 2 is 1.94 bits per heavy atom. The third kappa shape index (κ3) is 4.46. The van der Waals surface area contributed by atoms with Crippen LogP contribution in [0.3, 0.4) is 0 Å². The van der Waals surface area contributed by atoms with Crippen LogP contribution in [0.4, 0.5) is 0 Å². The summed E-state index contributed by atoms with van der Waals surface area (Å²) in [6.07, 6.45) is -0.376. The van der Waals surface area contributed by atoms with E-state index in [1.807, 2.05) is 31.2 Å². The van der Waals surface area contributed by atoms with Gasteiger partial charge in [0.05, 0.1) is 18.5 Å². The maximum absolute atomic E-state index is 11.6. The number of carboxylic acids is 1. The lowest BCUT2D eigenvalue weighted by Crippen LogP contribution is -2.42. The Balaban J connectivity index is 2.59. The van der Waals surface area contributed by atoms with Crippen LogP contribution in [-0.2, 0) is 9.59 Å². The molecule has 0 aromatic heterocycles. The van der Waals surface area contributed by atoms with Crippen molar-refractivity contribution in [3.63, 3.8) is 0 Å². The summed E-state index contributed by atoms with van der Waals surface area (Å²) in [6, 6.07) is 6.24. The molecule has 1 unspecified atom stereocenters. The van der Waals surface area contributed by atoms with Gasteiger partial charge in [0.1, 0.15) is 0 Å². The highest BCUT2D eigenvalue weighted by Gasteiger charge is 2.19. The quantitative estimate of drug-likeness (QED) is 0.766. The van der Waals surface area contributed by atoms with E-state index in [9.17, 15) is 9.59 Å². The first kappa shape index (κ1) is 14.7. The van der Waals surface area contributed by atoms with Crippen molar-refractivity contribution in [2.45, 2.75) is 25.4 Å². The highest BCUT2D eigenvalue weighted by atomic mass is 79.9. The van der Waals surface area contributed by atoms with Crippen molar-refractivity contribution in [1.29, 1.82) is 0 Å². The second-order valence-corrected chi connectivity index (χ2v) is 4.90. The lowest BCUT2D eigenvalue weighted by Gasteiger charge is -2.17. The Labute approximate surface area is 113 Å². The number of amides is 1. The van der Waals surface area contributed by atoms with Crippen LogP contribution >= 0.6 is 15.9 Å². The minimum Gasteiger partial charge on any atom is -0.481 e. The first-order valence-electron chi connectivity index (χ1n) is 5.43. The summed E-state index contributed by atoms with van der Waals surface area (Å²) < 4.78 is 0.951. The molecule has 1 aromatic rings. The average Bonchev–Trinajstić information content (AvgIpc) is 2.28. The van der Waals surface area contributed by atoms with Crippen molar-refractivity contribution >= 4 is 27.8 Å². The van der Waals surface area contributed by atoms with Gasteiger partial charge < -0.3 is 16.2 Å². The molecular weight excluding hydrogens is 300 g/mol. The van der Waals surface area contributed by atoms with Crippen molar-refractivity contribution in [3.05, 3.63) is 34.3 Å². The van der Waals surface area contributed by atoms with E-state index in [-0.39, 0.29) is 12.5 Å². The van der Waals surface area contributed by atoms with Gasteiger partial charge in [0.25, 0.3) is 0 Å². The van der Waals surface area contributed by atoms with Crippen molar-refractivity contribution in [2.75, 3.05) is 0 Å². The molecule has 2 atom stereocenters. The number of carboxylic acid groups (broad SMARTS) is 1. The number of halogens is 1. The van der Waals surface area contributed by atoms with E-state index < -0.39 is 17.9 Å². The van der Waals surface area contributed by atoms with E-state index in [1.165, 1.54) is 0 Å². The first-order chi connectivity index (χ1) is 8.40. The summed E-state index contributed by atoms with van der Waals surface area (Å²) in [5, 5.41) is 11.2. The van der Waals surface area contributed by atoms with Gasteiger partial charge >= 0.3 is 5.97 Å². The molecule has 0 aliphatic heterocycles. The minimum atomic E-state index is -1.09. The molecule has 5 nitrogen and oxygen atoms in total. The van der Waals surface area contributed by atoms with E-state index in [2.05, 4.69) is 21.2 Å². The number of benzene rings is 1. The molecular formula is C12H15BrN2O3. The predicted octanol–water partition coefficient (Wildman–Crippen LogP) is 1.43. The SMILES string of the molecule is C[C@@H](NC(=O)C(N)CC(=O)O)c1ccc(Br)cc1. The summed E-state index contributed by atoms with van der Waals surface area (Å²) in [5.41, 5.74) is 6.39. The van der Waals surface area contributed by atoms with Gasteiger partial charge in [-0.25, -0.2) is 0 Å². The number of aliphatic carboxylic acids is 1. The molecule has 1 rings (SSSR count). The molecule has 0 fully saturated rings. The minimum absolute atomic E-state index is 0.217. The summed E-state index contributed by atoms with van der Waals surface area (Å²) in [4.78, 5) is 22.1. The van der Waals surface area contributed by atoms with Gasteiger partial charge in [-0.2, -0.15) is 0 Å². The Morgan fingerprint density at radius 1 is 1.39 bits per heavy atom. The lowest BCUT2D eigenvalue weighted by atomic mass is 10.1. The third-order valence-electron chi connectivity index (χ3n) is 2.46. The zero-order valence-electron chi connectivity index (χ0n) is 9.89. The fourth-order valence-electron chi connectivity index (χ4n) is 1.44. The van der Waals surface area contributed by atoms with Crippen LogP contribution < -0.4 is 11.1 Å². The second-order valence-electron chi connectivity index (χ2n) is 3.99. The van der Waals surface area contributed by atoms with Crippen molar-refractivity contribution in [1.82, 2.24) is 5.32 Å². The van der Waals surface area contributed by atoms with E-state index in [0.29, 0.717) is 0 Å². The largest absolute Gasteiger partial charge is 0.481 e. The molecule has 0 spiro atoms. The topological polar surface area (TPSA) is 92.4 Å². The summed E-state index contributed by atoms with van der Waals surface area (Å²) in [6.45, 7) is 1.81. The molecule has 4 N–H and O–H groups in total. The van der Waals surface area contributed by atoms with Gasteiger partial charge in [-0.1, -0.05) is 28.1 Å². The maximum atomic E-state index is 11.6. The van der Waals surface area contributed by atoms with Crippen LogP contribution in [0.1, 0.15) is 24.9 Å². The summed E-state index contributed by atoms with van der Waals surface area (Å²) >= 11 is 3.32. The Morgan fingerprint density at radius 3 is 2.44 bits per heavy atom. The maximum Gasteiger partial charge on any atom is 0.305 e. The highest BCUT2D eigenvalue weighted by Crippen LogP contribution is 2.16. The normalized spacial score (nSPS) is 13.7. The second kappa shape index (κ2) is 6.51. The monoisotopic (exact) mass is 314 g/mol. The highest BCUT2D eigenvalue weighted by molar-refractivity contribution is 9.10. The van der Waals surface area contributed by atoms with Gasteiger partial charge in [0, 0.05) is 4.47 Å². The van der Waals surface area contributed by atoms with Gasteiger partial charge in [0.2, 0.25) is 5.91 Å². The molecule has 0 saturated carbocycles. The molecule has 1 amide bonds. The molecule has 0 aliphatic rings. The van der Waals surface area contributed by atoms with Crippen LogP contribution in [0.15, 0.2) is 28.7 Å². The average molecular weight is 315 g/mol. The number of rotatable bonds is 5. The van der Waals surface area contributed by atoms with Crippen LogP contribution in [0.2, 0.25) is 0 Å². The van der Waals surface area contributed by atoms with Crippen molar-refractivity contribution in [2.24, 2.45) is 5.73 Å². The van der Waals surface area contributed by atoms with Gasteiger partial charge in [-0.15, -0.1) is 0 Å². The lowest BCUT2D eigenvalue weighted by molar-refractivity contribution is -0.139. The number of hydrogen-bond acceptors (Lipinski definition) is 3. The number of nitrogens with one attached hydrogen (secondary N) is 1. The number of hydrogen-bond donors (Lipinski definition) is 3. The van der Waals surface area contributed by atoms with Gasteiger partial charge in [-0.3, -0.25) is 9.59 Å². The van der Waals surface area contributed by atoms with Crippen molar-refractivity contribution in [3.8, 4) is 0 Å². The summed E-state index contributed by atoms with van der Waals surface area (Å²) in [5.74, 6) is -1.55. The number of carbonyl (C=O) groups excluding carboxylic acids is 1. The molecule has 1 aromatic carbocycles. The molecule has 0 bridgehead atoms. The fourth-order valence-corrected chi connectivity index (χ4v) is 1.70. The Kier molecular flexibility index (Phi) is 5.30. The van der Waals surface area contributed by atoms with Crippen LogP contribution in [0, 0.1) is 0 Å².